The van der Waals surface area contributed by atoms with E-state index in [0.717, 1.165) is 31.0 Å². The molecular formula is C18H24N4O4. The number of anilines is 1. The number of nitrogens with zero attached hydrogens (tertiary/aromatic N) is 3. The molecule has 0 saturated heterocycles. The third-order valence-corrected chi connectivity index (χ3v) is 3.67. The molecule has 0 radical (unpaired) electrons. The zero-order valence-corrected chi connectivity index (χ0v) is 15.0. The first-order valence-corrected chi connectivity index (χ1v) is 8.34. The number of carboxylic acid groups (broad SMARTS) is 1. The average molecular weight is 360 g/mol. The molecule has 0 amide bonds. The number of likely N-dealkylation sites (N-methyl/N-ethyl adjacent to an activating group) is 1. The molecule has 140 valence electrons. The number of aromatic carboxylic acids is 1. The number of ether oxygens (including phenoxy) is 2. The van der Waals surface area contributed by atoms with Crippen LogP contribution in [0.1, 0.15) is 16.9 Å². The Morgan fingerprint density at radius 2 is 2.00 bits per heavy atom. The first kappa shape index (κ1) is 19.5. The first-order chi connectivity index (χ1) is 12.6. The van der Waals surface area contributed by atoms with Crippen LogP contribution >= 0.6 is 0 Å². The molecule has 0 saturated carbocycles. The molecule has 1 heterocycles. The summed E-state index contributed by atoms with van der Waals surface area (Å²) in [6, 6.07) is 8.93. The van der Waals surface area contributed by atoms with E-state index in [-0.39, 0.29) is 5.69 Å². The molecular weight excluding hydrogens is 336 g/mol. The fourth-order valence-corrected chi connectivity index (χ4v) is 2.27. The lowest BCUT2D eigenvalue weighted by molar-refractivity contribution is 0.0690. The molecule has 1 aromatic heterocycles. The van der Waals surface area contributed by atoms with Gasteiger partial charge >= 0.3 is 5.97 Å². The molecule has 0 fully saturated rings. The topological polar surface area (TPSA) is 96.8 Å². The number of methoxy groups -OCH3 is 1. The van der Waals surface area contributed by atoms with E-state index in [4.69, 9.17) is 14.6 Å². The van der Waals surface area contributed by atoms with Gasteiger partial charge in [0.1, 0.15) is 6.61 Å². The molecule has 1 aromatic carbocycles. The Morgan fingerprint density at radius 1 is 1.23 bits per heavy atom. The number of benzene rings is 1. The van der Waals surface area contributed by atoms with Crippen molar-refractivity contribution in [2.75, 3.05) is 45.7 Å². The molecule has 0 bridgehead atoms. The molecule has 0 spiro atoms. The molecule has 2 rings (SSSR count). The van der Waals surface area contributed by atoms with Gasteiger partial charge in [-0.2, -0.15) is 0 Å². The number of hydrogen-bond acceptors (Lipinski definition) is 7. The van der Waals surface area contributed by atoms with Gasteiger partial charge in [0.15, 0.2) is 17.2 Å². The van der Waals surface area contributed by atoms with Crippen molar-refractivity contribution < 1.29 is 19.4 Å². The van der Waals surface area contributed by atoms with E-state index in [9.17, 15) is 4.79 Å². The van der Waals surface area contributed by atoms with Gasteiger partial charge in [0.05, 0.1) is 7.11 Å². The predicted octanol–water partition coefficient (Wildman–Crippen LogP) is 2.00. The summed E-state index contributed by atoms with van der Waals surface area (Å²) < 4.78 is 11.0. The van der Waals surface area contributed by atoms with Crippen molar-refractivity contribution in [1.29, 1.82) is 0 Å². The van der Waals surface area contributed by atoms with Gasteiger partial charge < -0.3 is 24.8 Å². The highest BCUT2D eigenvalue weighted by Crippen LogP contribution is 2.25. The molecule has 8 heteroatoms. The smallest absolute Gasteiger partial charge is 0.354 e. The predicted molar refractivity (Wildman–Crippen MR) is 98.1 cm³/mol. The van der Waals surface area contributed by atoms with Gasteiger partial charge in [-0.05, 0) is 38.2 Å². The molecule has 8 nitrogen and oxygen atoms in total. The third kappa shape index (κ3) is 6.21. The SMILES string of the molecule is COc1ccccc1OCCN(C)CCCNc1nccc(C(=O)O)n1. The van der Waals surface area contributed by atoms with Crippen LogP contribution in [0.2, 0.25) is 0 Å². The lowest BCUT2D eigenvalue weighted by Gasteiger charge is -2.17. The second-order valence-electron chi connectivity index (χ2n) is 5.65. The zero-order chi connectivity index (χ0) is 18.8. The summed E-state index contributed by atoms with van der Waals surface area (Å²) in [5.41, 5.74) is -0.0203. The lowest BCUT2D eigenvalue weighted by atomic mass is 10.3. The van der Waals surface area contributed by atoms with Crippen LogP contribution in [-0.4, -0.2) is 66.3 Å². The van der Waals surface area contributed by atoms with Crippen molar-refractivity contribution in [2.45, 2.75) is 6.42 Å². The van der Waals surface area contributed by atoms with E-state index in [1.807, 2.05) is 31.3 Å². The van der Waals surface area contributed by atoms with E-state index in [2.05, 4.69) is 20.2 Å². The van der Waals surface area contributed by atoms with Crippen LogP contribution in [0.4, 0.5) is 5.95 Å². The van der Waals surface area contributed by atoms with E-state index in [1.165, 1.54) is 12.3 Å². The minimum Gasteiger partial charge on any atom is -0.493 e. The molecule has 2 aromatic rings. The summed E-state index contributed by atoms with van der Waals surface area (Å²) in [6.45, 7) is 2.86. The van der Waals surface area contributed by atoms with Crippen molar-refractivity contribution in [2.24, 2.45) is 0 Å². The normalized spacial score (nSPS) is 10.6. The van der Waals surface area contributed by atoms with E-state index < -0.39 is 5.97 Å². The van der Waals surface area contributed by atoms with Crippen LogP contribution in [0.3, 0.4) is 0 Å². The number of carboxylic acids is 1. The Kier molecular flexibility index (Phi) is 7.63. The van der Waals surface area contributed by atoms with Crippen LogP contribution < -0.4 is 14.8 Å². The Balaban J connectivity index is 1.64. The standard InChI is InChI=1S/C18H24N4O4/c1-22(12-13-26-16-7-4-3-6-15(16)25-2)11-5-9-19-18-20-10-8-14(21-18)17(23)24/h3-4,6-8,10H,5,9,11-13H2,1-2H3,(H,23,24)(H,19,20,21). The van der Waals surface area contributed by atoms with Gasteiger partial charge in [0, 0.05) is 19.3 Å². The van der Waals surface area contributed by atoms with E-state index >= 15 is 0 Å². The summed E-state index contributed by atoms with van der Waals surface area (Å²) in [5.74, 6) is 0.723. The molecule has 26 heavy (non-hydrogen) atoms. The summed E-state index contributed by atoms with van der Waals surface area (Å²) >= 11 is 0. The largest absolute Gasteiger partial charge is 0.493 e. The van der Waals surface area contributed by atoms with E-state index in [0.29, 0.717) is 19.1 Å². The summed E-state index contributed by atoms with van der Waals surface area (Å²) in [7, 11) is 3.64. The molecule has 0 aliphatic carbocycles. The van der Waals surface area contributed by atoms with Crippen molar-refractivity contribution in [3.8, 4) is 11.5 Å². The second-order valence-corrected chi connectivity index (χ2v) is 5.65. The van der Waals surface area contributed by atoms with Crippen LogP contribution in [0, 0.1) is 0 Å². The van der Waals surface area contributed by atoms with Gasteiger partial charge in [-0.1, -0.05) is 12.1 Å². The maximum absolute atomic E-state index is 10.9. The summed E-state index contributed by atoms with van der Waals surface area (Å²) in [6.07, 6.45) is 2.30. The van der Waals surface area contributed by atoms with Gasteiger partial charge in [0.2, 0.25) is 5.95 Å². The highest BCUT2D eigenvalue weighted by Gasteiger charge is 2.06. The highest BCUT2D eigenvalue weighted by atomic mass is 16.5. The van der Waals surface area contributed by atoms with Crippen LogP contribution in [0.15, 0.2) is 36.5 Å². The fourth-order valence-electron chi connectivity index (χ4n) is 2.27. The molecule has 0 unspecified atom stereocenters. The molecule has 2 N–H and O–H groups in total. The Labute approximate surface area is 152 Å². The summed E-state index contributed by atoms with van der Waals surface area (Å²) in [5, 5.41) is 11.9. The van der Waals surface area contributed by atoms with Gasteiger partial charge in [0.25, 0.3) is 0 Å². The number of para-hydroxylation sites is 2. The van der Waals surface area contributed by atoms with E-state index in [1.54, 1.807) is 7.11 Å². The lowest BCUT2D eigenvalue weighted by Crippen LogP contribution is -2.26. The van der Waals surface area contributed by atoms with Crippen molar-refractivity contribution in [3.63, 3.8) is 0 Å². The maximum Gasteiger partial charge on any atom is 0.354 e. The van der Waals surface area contributed by atoms with Crippen LogP contribution in [-0.2, 0) is 0 Å². The van der Waals surface area contributed by atoms with Gasteiger partial charge in [-0.15, -0.1) is 0 Å². The van der Waals surface area contributed by atoms with Crippen molar-refractivity contribution in [3.05, 3.63) is 42.2 Å². The highest BCUT2D eigenvalue weighted by molar-refractivity contribution is 5.85. The Bertz CT molecular complexity index is 711. The third-order valence-electron chi connectivity index (χ3n) is 3.67. The summed E-state index contributed by atoms with van der Waals surface area (Å²) in [4.78, 5) is 21.0. The van der Waals surface area contributed by atoms with Gasteiger partial charge in [-0.3, -0.25) is 0 Å². The Hall–Kier alpha value is -2.87. The minimum atomic E-state index is -1.06. The average Bonchev–Trinajstić information content (AvgIpc) is 2.66. The first-order valence-electron chi connectivity index (χ1n) is 8.34. The maximum atomic E-state index is 10.9. The van der Waals surface area contributed by atoms with Crippen LogP contribution in [0.25, 0.3) is 0 Å². The molecule has 0 aliphatic rings. The molecule has 0 atom stereocenters. The zero-order valence-electron chi connectivity index (χ0n) is 15.0. The number of nitrogens with one attached hydrogen (secondary N) is 1. The molecule has 0 aliphatic heterocycles. The fraction of sp³-hybridized carbons (Fsp3) is 0.389. The minimum absolute atomic E-state index is 0.0203. The second kappa shape index (κ2) is 10.2. The number of hydrogen-bond donors (Lipinski definition) is 2. The quantitative estimate of drug-likeness (QED) is 0.587. The number of rotatable bonds is 11. The van der Waals surface area contributed by atoms with Crippen molar-refractivity contribution >= 4 is 11.9 Å². The Morgan fingerprint density at radius 3 is 2.73 bits per heavy atom. The number of aromatic nitrogens is 2. The van der Waals surface area contributed by atoms with Crippen LogP contribution in [0.5, 0.6) is 11.5 Å². The number of carbonyl (C=O) groups is 1. The monoisotopic (exact) mass is 360 g/mol. The van der Waals surface area contributed by atoms with Gasteiger partial charge in [-0.25, -0.2) is 14.8 Å². The van der Waals surface area contributed by atoms with Crippen molar-refractivity contribution in [1.82, 2.24) is 14.9 Å².